The van der Waals surface area contributed by atoms with Crippen LogP contribution in [0.25, 0.3) is 10.8 Å². The largest absolute Gasteiger partial charge is 0.495 e. The quantitative estimate of drug-likeness (QED) is 0.332. The molecule has 0 atom stereocenters. The molecule has 0 saturated carbocycles. The summed E-state index contributed by atoms with van der Waals surface area (Å²) in [7, 11) is -2.34. The second-order valence-electron chi connectivity index (χ2n) is 7.89. The van der Waals surface area contributed by atoms with E-state index in [0.717, 1.165) is 15.7 Å². The number of morpholine rings is 1. The molecule has 1 heterocycles. The minimum absolute atomic E-state index is 0.0522. The van der Waals surface area contributed by atoms with Crippen molar-refractivity contribution in [2.24, 2.45) is 0 Å². The molecule has 4 rings (SSSR count). The number of thioether (sulfide) groups is 1. The third-order valence-electron chi connectivity index (χ3n) is 5.50. The van der Waals surface area contributed by atoms with Crippen LogP contribution in [0, 0.1) is 0 Å². The zero-order valence-electron chi connectivity index (χ0n) is 19.6. The monoisotopic (exact) mass is 530 g/mol. The Labute approximate surface area is 213 Å². The van der Waals surface area contributed by atoms with E-state index in [1.54, 1.807) is 0 Å². The van der Waals surface area contributed by atoms with Gasteiger partial charge in [-0.2, -0.15) is 4.31 Å². The van der Waals surface area contributed by atoms with Gasteiger partial charge in [-0.3, -0.25) is 9.59 Å². The number of hydrogen-bond donors (Lipinski definition) is 1. The number of carbonyl (C=O) groups excluding carboxylic acids is 2. The molecule has 1 amide bonds. The van der Waals surface area contributed by atoms with Gasteiger partial charge >= 0.3 is 5.97 Å². The van der Waals surface area contributed by atoms with Crippen LogP contribution in [0.2, 0.25) is 0 Å². The second-order valence-corrected chi connectivity index (χ2v) is 10.9. The van der Waals surface area contributed by atoms with Crippen molar-refractivity contribution >= 4 is 50.1 Å². The standard InChI is InChI=1S/C25H26N2O7S2/c1-32-23-15-21(36(30,31)27-10-12-33-13-11-27)8-9-22(23)26-24(28)16-34-25(29)17-35-20-7-6-18-4-2-3-5-19(18)14-20/h2-9,14-15H,10-13,16-17H2,1H3,(H,26,28). The highest BCUT2D eigenvalue weighted by Gasteiger charge is 2.27. The molecule has 1 aliphatic rings. The lowest BCUT2D eigenvalue weighted by Gasteiger charge is -2.26. The highest BCUT2D eigenvalue weighted by molar-refractivity contribution is 8.00. The molecule has 0 aromatic heterocycles. The van der Waals surface area contributed by atoms with Crippen molar-refractivity contribution in [3.05, 3.63) is 60.7 Å². The Hall–Kier alpha value is -3.12. The summed E-state index contributed by atoms with van der Waals surface area (Å²) >= 11 is 1.33. The number of anilines is 1. The Kier molecular flexibility index (Phi) is 8.47. The fourth-order valence-corrected chi connectivity index (χ4v) is 5.81. The Balaban J connectivity index is 1.30. The van der Waals surface area contributed by atoms with Gasteiger partial charge in [0.15, 0.2) is 6.61 Å². The number of esters is 1. The molecule has 0 unspecified atom stereocenters. The molecule has 0 radical (unpaired) electrons. The number of sulfonamides is 1. The zero-order valence-corrected chi connectivity index (χ0v) is 21.3. The zero-order chi connectivity index (χ0) is 25.5. The van der Waals surface area contributed by atoms with E-state index in [9.17, 15) is 18.0 Å². The highest BCUT2D eigenvalue weighted by atomic mass is 32.2. The van der Waals surface area contributed by atoms with E-state index < -0.39 is 28.5 Å². The first-order chi connectivity index (χ1) is 17.4. The average molecular weight is 531 g/mol. The van der Waals surface area contributed by atoms with E-state index >= 15 is 0 Å². The summed E-state index contributed by atoms with van der Waals surface area (Å²) in [4.78, 5) is 25.5. The van der Waals surface area contributed by atoms with Gasteiger partial charge in [0, 0.05) is 24.1 Å². The summed E-state index contributed by atoms with van der Waals surface area (Å²) in [6, 6.07) is 18.1. The maximum atomic E-state index is 12.9. The minimum Gasteiger partial charge on any atom is -0.495 e. The number of carbonyl (C=O) groups is 2. The molecule has 190 valence electrons. The average Bonchev–Trinajstić information content (AvgIpc) is 2.91. The molecule has 1 fully saturated rings. The number of nitrogens with zero attached hydrogens (tertiary/aromatic N) is 1. The molecule has 1 N–H and O–H groups in total. The molecule has 36 heavy (non-hydrogen) atoms. The normalized spacial score (nSPS) is 14.4. The van der Waals surface area contributed by atoms with E-state index in [2.05, 4.69) is 5.32 Å². The lowest BCUT2D eigenvalue weighted by atomic mass is 10.1. The van der Waals surface area contributed by atoms with Crippen LogP contribution in [-0.2, 0) is 29.1 Å². The van der Waals surface area contributed by atoms with Crippen LogP contribution < -0.4 is 10.1 Å². The Bertz CT molecular complexity index is 1360. The molecule has 0 spiro atoms. The molecular formula is C25H26N2O7S2. The molecular weight excluding hydrogens is 504 g/mol. The lowest BCUT2D eigenvalue weighted by molar-refractivity contribution is -0.144. The van der Waals surface area contributed by atoms with Gasteiger partial charge in [0.2, 0.25) is 10.0 Å². The predicted octanol–water partition coefficient (Wildman–Crippen LogP) is 3.14. The Morgan fingerprint density at radius 1 is 1.03 bits per heavy atom. The van der Waals surface area contributed by atoms with Gasteiger partial charge in [0.1, 0.15) is 5.75 Å². The number of methoxy groups -OCH3 is 1. The van der Waals surface area contributed by atoms with E-state index in [4.69, 9.17) is 14.2 Å². The topological polar surface area (TPSA) is 111 Å². The van der Waals surface area contributed by atoms with Crippen molar-refractivity contribution < 1.29 is 32.2 Å². The summed E-state index contributed by atoms with van der Waals surface area (Å²) in [6.07, 6.45) is 0. The third-order valence-corrected chi connectivity index (χ3v) is 8.36. The first-order valence-electron chi connectivity index (χ1n) is 11.2. The van der Waals surface area contributed by atoms with Gasteiger partial charge in [-0.25, -0.2) is 8.42 Å². The van der Waals surface area contributed by atoms with Crippen LogP contribution in [0.15, 0.2) is 70.5 Å². The van der Waals surface area contributed by atoms with Gasteiger partial charge in [-0.05, 0) is 35.0 Å². The summed E-state index contributed by atoms with van der Waals surface area (Å²) in [5.74, 6) is -0.859. The maximum absolute atomic E-state index is 12.9. The Morgan fingerprint density at radius 3 is 2.53 bits per heavy atom. The molecule has 0 bridgehead atoms. The molecule has 1 aliphatic heterocycles. The van der Waals surface area contributed by atoms with Crippen molar-refractivity contribution in [1.29, 1.82) is 0 Å². The number of hydrogen-bond acceptors (Lipinski definition) is 8. The summed E-state index contributed by atoms with van der Waals surface area (Å²) < 4.78 is 42.7. The fraction of sp³-hybridized carbons (Fsp3) is 0.280. The molecule has 0 aliphatic carbocycles. The van der Waals surface area contributed by atoms with E-state index in [-0.39, 0.29) is 35.2 Å². The summed E-state index contributed by atoms with van der Waals surface area (Å²) in [5, 5.41) is 4.78. The van der Waals surface area contributed by atoms with Crippen molar-refractivity contribution in [2.45, 2.75) is 9.79 Å². The van der Waals surface area contributed by atoms with Crippen molar-refractivity contribution in [3.63, 3.8) is 0 Å². The first-order valence-corrected chi connectivity index (χ1v) is 13.6. The van der Waals surface area contributed by atoms with Gasteiger partial charge in [0.05, 0.1) is 36.7 Å². The van der Waals surface area contributed by atoms with Gasteiger partial charge in [-0.15, -0.1) is 11.8 Å². The SMILES string of the molecule is COc1cc(S(=O)(=O)N2CCOCC2)ccc1NC(=O)COC(=O)CSc1ccc2ccccc2c1. The van der Waals surface area contributed by atoms with Crippen LogP contribution in [0.1, 0.15) is 0 Å². The summed E-state index contributed by atoms with van der Waals surface area (Å²) in [5.41, 5.74) is 0.269. The van der Waals surface area contributed by atoms with Gasteiger partial charge in [0.25, 0.3) is 5.91 Å². The molecule has 11 heteroatoms. The van der Waals surface area contributed by atoms with E-state index in [1.165, 1.54) is 41.4 Å². The fourth-order valence-electron chi connectivity index (χ4n) is 3.64. The minimum atomic E-state index is -3.71. The maximum Gasteiger partial charge on any atom is 0.316 e. The van der Waals surface area contributed by atoms with Crippen LogP contribution in [0.5, 0.6) is 5.75 Å². The van der Waals surface area contributed by atoms with E-state index in [0.29, 0.717) is 13.2 Å². The first kappa shape index (κ1) is 26.0. The number of benzene rings is 3. The van der Waals surface area contributed by atoms with E-state index in [1.807, 2.05) is 42.5 Å². The van der Waals surface area contributed by atoms with Crippen LogP contribution in [0.4, 0.5) is 5.69 Å². The van der Waals surface area contributed by atoms with Gasteiger partial charge < -0.3 is 19.5 Å². The number of fused-ring (bicyclic) bond motifs is 1. The number of amides is 1. The van der Waals surface area contributed by atoms with Crippen molar-refractivity contribution in [3.8, 4) is 5.75 Å². The lowest BCUT2D eigenvalue weighted by Crippen LogP contribution is -2.40. The van der Waals surface area contributed by atoms with Crippen LogP contribution >= 0.6 is 11.8 Å². The third kappa shape index (κ3) is 6.35. The van der Waals surface area contributed by atoms with Gasteiger partial charge in [-0.1, -0.05) is 30.3 Å². The van der Waals surface area contributed by atoms with Crippen molar-refractivity contribution in [1.82, 2.24) is 4.31 Å². The summed E-state index contributed by atoms with van der Waals surface area (Å²) in [6.45, 7) is 0.739. The smallest absolute Gasteiger partial charge is 0.316 e. The molecule has 9 nitrogen and oxygen atoms in total. The highest BCUT2D eigenvalue weighted by Crippen LogP contribution is 2.29. The van der Waals surface area contributed by atoms with Crippen LogP contribution in [0.3, 0.4) is 0 Å². The molecule has 3 aromatic rings. The number of rotatable bonds is 9. The second kappa shape index (κ2) is 11.7. The number of ether oxygens (including phenoxy) is 3. The van der Waals surface area contributed by atoms with Crippen molar-refractivity contribution in [2.75, 3.05) is 51.1 Å². The number of nitrogens with one attached hydrogen (secondary N) is 1. The van der Waals surface area contributed by atoms with Crippen LogP contribution in [-0.4, -0.2) is 70.4 Å². The predicted molar refractivity (Wildman–Crippen MR) is 137 cm³/mol. The Morgan fingerprint density at radius 2 is 1.78 bits per heavy atom. The molecule has 1 saturated heterocycles. The molecule has 3 aromatic carbocycles.